The quantitative estimate of drug-likeness (QED) is 0.648. The third kappa shape index (κ3) is 4.24. The van der Waals surface area contributed by atoms with Crippen molar-refractivity contribution in [3.05, 3.63) is 41.9 Å². The zero-order valence-electron chi connectivity index (χ0n) is 19.0. The van der Waals surface area contributed by atoms with Crippen LogP contribution in [0.15, 0.2) is 30.6 Å². The van der Waals surface area contributed by atoms with Gasteiger partial charge in [0.15, 0.2) is 0 Å². The van der Waals surface area contributed by atoms with E-state index in [0.717, 1.165) is 16.5 Å². The minimum Gasteiger partial charge on any atom is -0.471 e. The number of para-hydroxylation sites is 1. The molecule has 4 rings (SSSR count). The maximum Gasteiger partial charge on any atom is 0.410 e. The number of nitrogens with zero attached hydrogens (tertiary/aromatic N) is 4. The van der Waals surface area contributed by atoms with Crippen LogP contribution in [0, 0.1) is 18.3 Å². The van der Waals surface area contributed by atoms with Crippen LogP contribution in [0.3, 0.4) is 0 Å². The Balaban J connectivity index is 1.51. The molecule has 2 aromatic heterocycles. The van der Waals surface area contributed by atoms with Gasteiger partial charge in [0.25, 0.3) is 0 Å². The second kappa shape index (κ2) is 8.15. The lowest BCUT2D eigenvalue weighted by atomic mass is 10.1. The lowest BCUT2D eigenvalue weighted by molar-refractivity contribution is 0.0223. The predicted octanol–water partition coefficient (Wildman–Crippen LogP) is 4.58. The number of carbonyl (C=O) groups excluding carboxylic acids is 1. The number of hydrogen-bond acceptors (Lipinski definition) is 6. The number of benzene rings is 1. The molecular weight excluding hydrogens is 406 g/mol. The molecule has 2 atom stereocenters. The SMILES string of the molecule is Cc1nc(-c2c[nH]c3c(C#N)cccc23)cnc1OC1CC(C)N(C(=O)OC(C)(C)C)C1. The molecule has 1 saturated heterocycles. The first kappa shape index (κ1) is 21.6. The molecule has 1 amide bonds. The van der Waals surface area contributed by atoms with E-state index in [2.05, 4.69) is 21.0 Å². The minimum absolute atomic E-state index is 0.0166. The van der Waals surface area contributed by atoms with Gasteiger partial charge in [-0.2, -0.15) is 5.26 Å². The van der Waals surface area contributed by atoms with E-state index in [1.165, 1.54) is 0 Å². The molecule has 0 bridgehead atoms. The van der Waals surface area contributed by atoms with Gasteiger partial charge in [-0.15, -0.1) is 0 Å². The van der Waals surface area contributed by atoms with Crippen LogP contribution < -0.4 is 4.74 Å². The number of amides is 1. The van der Waals surface area contributed by atoms with Crippen LogP contribution >= 0.6 is 0 Å². The van der Waals surface area contributed by atoms with Gasteiger partial charge in [0.2, 0.25) is 5.88 Å². The van der Waals surface area contributed by atoms with Gasteiger partial charge in [0.05, 0.1) is 29.5 Å². The van der Waals surface area contributed by atoms with Crippen molar-refractivity contribution in [2.75, 3.05) is 6.54 Å². The molecule has 3 heterocycles. The number of aromatic amines is 1. The number of hydrogen-bond donors (Lipinski definition) is 1. The van der Waals surface area contributed by atoms with Gasteiger partial charge < -0.3 is 19.4 Å². The van der Waals surface area contributed by atoms with Gasteiger partial charge in [-0.3, -0.25) is 0 Å². The summed E-state index contributed by atoms with van der Waals surface area (Å²) in [5.74, 6) is 0.453. The van der Waals surface area contributed by atoms with E-state index in [1.807, 2.05) is 52.9 Å². The lowest BCUT2D eigenvalue weighted by Crippen LogP contribution is -2.39. The Morgan fingerprint density at radius 2 is 2.12 bits per heavy atom. The number of carbonyl (C=O) groups is 1. The average molecular weight is 434 g/mol. The van der Waals surface area contributed by atoms with Gasteiger partial charge >= 0.3 is 6.09 Å². The Bertz CT molecular complexity index is 1200. The summed E-state index contributed by atoms with van der Waals surface area (Å²) in [5, 5.41) is 10.2. The third-order valence-corrected chi connectivity index (χ3v) is 5.46. The molecule has 1 aliphatic heterocycles. The Kier molecular flexibility index (Phi) is 5.51. The standard InChI is InChI=1S/C24H27N5O3/c1-14-9-17(13-29(14)23(30)32-24(3,4)5)31-22-15(2)28-20(12-27-22)19-11-26-21-16(10-25)7-6-8-18(19)21/h6-8,11-12,14,17,26H,9,13H2,1-5H3. The summed E-state index contributed by atoms with van der Waals surface area (Å²) >= 11 is 0. The Hall–Kier alpha value is -3.60. The summed E-state index contributed by atoms with van der Waals surface area (Å²) < 4.78 is 11.6. The van der Waals surface area contributed by atoms with Gasteiger partial charge in [0, 0.05) is 29.6 Å². The fourth-order valence-electron chi connectivity index (χ4n) is 3.98. The van der Waals surface area contributed by atoms with Gasteiger partial charge in [-0.25, -0.2) is 14.8 Å². The molecule has 0 aliphatic carbocycles. The monoisotopic (exact) mass is 433 g/mol. The number of nitrogens with one attached hydrogen (secondary N) is 1. The molecule has 166 valence electrons. The van der Waals surface area contributed by atoms with E-state index < -0.39 is 5.60 Å². The molecule has 0 radical (unpaired) electrons. The summed E-state index contributed by atoms with van der Waals surface area (Å²) in [6.07, 6.45) is 3.70. The van der Waals surface area contributed by atoms with Gasteiger partial charge in [-0.05, 0) is 40.7 Å². The summed E-state index contributed by atoms with van der Waals surface area (Å²) in [4.78, 5) is 26.5. The van der Waals surface area contributed by atoms with Crippen LogP contribution in [0.5, 0.6) is 5.88 Å². The van der Waals surface area contributed by atoms with Crippen molar-refractivity contribution in [3.63, 3.8) is 0 Å². The van der Waals surface area contributed by atoms with Gasteiger partial charge in [0.1, 0.15) is 23.5 Å². The fourth-order valence-corrected chi connectivity index (χ4v) is 3.98. The van der Waals surface area contributed by atoms with E-state index in [4.69, 9.17) is 9.47 Å². The molecule has 1 aliphatic rings. The molecule has 3 aromatic rings. The Labute approximate surface area is 187 Å². The number of rotatable bonds is 3. The van der Waals surface area contributed by atoms with E-state index in [1.54, 1.807) is 17.2 Å². The maximum atomic E-state index is 12.5. The highest BCUT2D eigenvalue weighted by atomic mass is 16.6. The topological polar surface area (TPSA) is 104 Å². The molecule has 0 spiro atoms. The molecule has 1 aromatic carbocycles. The van der Waals surface area contributed by atoms with E-state index in [9.17, 15) is 10.1 Å². The largest absolute Gasteiger partial charge is 0.471 e. The normalized spacial score (nSPS) is 18.6. The zero-order chi connectivity index (χ0) is 23.0. The molecule has 1 fully saturated rings. The van der Waals surface area contributed by atoms with Crippen molar-refractivity contribution in [2.24, 2.45) is 0 Å². The number of nitriles is 1. The summed E-state index contributed by atoms with van der Waals surface area (Å²) in [5.41, 5.74) is 3.08. The lowest BCUT2D eigenvalue weighted by Gasteiger charge is -2.26. The number of likely N-dealkylation sites (tertiary alicyclic amines) is 1. The van der Waals surface area contributed by atoms with Crippen molar-refractivity contribution < 1.29 is 14.3 Å². The molecule has 8 nitrogen and oxygen atoms in total. The second-order valence-corrected chi connectivity index (χ2v) is 9.15. The summed E-state index contributed by atoms with van der Waals surface area (Å²) in [6.45, 7) is 9.85. The summed E-state index contributed by atoms with van der Waals surface area (Å²) in [7, 11) is 0. The first-order valence-electron chi connectivity index (χ1n) is 10.7. The average Bonchev–Trinajstić information content (AvgIpc) is 3.31. The molecular formula is C24H27N5O3. The highest BCUT2D eigenvalue weighted by Gasteiger charge is 2.36. The third-order valence-electron chi connectivity index (χ3n) is 5.46. The van der Waals surface area contributed by atoms with Crippen LogP contribution in [-0.2, 0) is 4.74 Å². The fraction of sp³-hybridized carbons (Fsp3) is 0.417. The number of fused-ring (bicyclic) bond motifs is 1. The maximum absolute atomic E-state index is 12.5. The Morgan fingerprint density at radius 3 is 2.81 bits per heavy atom. The number of aromatic nitrogens is 3. The minimum atomic E-state index is -0.538. The number of H-pyrrole nitrogens is 1. The van der Waals surface area contributed by atoms with Crippen molar-refractivity contribution in [1.29, 1.82) is 5.26 Å². The molecule has 1 N–H and O–H groups in total. The molecule has 2 unspecified atom stereocenters. The molecule has 0 saturated carbocycles. The van der Waals surface area contributed by atoms with Crippen molar-refractivity contribution in [1.82, 2.24) is 19.9 Å². The smallest absolute Gasteiger partial charge is 0.410 e. The van der Waals surface area contributed by atoms with E-state index >= 15 is 0 Å². The van der Waals surface area contributed by atoms with Crippen LogP contribution in [0.1, 0.15) is 45.4 Å². The highest BCUT2D eigenvalue weighted by Crippen LogP contribution is 2.31. The van der Waals surface area contributed by atoms with Crippen LogP contribution in [0.25, 0.3) is 22.2 Å². The van der Waals surface area contributed by atoms with Crippen LogP contribution in [-0.4, -0.2) is 50.2 Å². The van der Waals surface area contributed by atoms with E-state index in [0.29, 0.717) is 35.8 Å². The first-order chi connectivity index (χ1) is 15.2. The van der Waals surface area contributed by atoms with E-state index in [-0.39, 0.29) is 18.2 Å². The number of aryl methyl sites for hydroxylation is 1. The zero-order valence-corrected chi connectivity index (χ0v) is 19.0. The first-order valence-corrected chi connectivity index (χ1v) is 10.7. The predicted molar refractivity (Wildman–Crippen MR) is 120 cm³/mol. The summed E-state index contributed by atoms with van der Waals surface area (Å²) in [6, 6.07) is 7.80. The Morgan fingerprint density at radius 1 is 1.34 bits per heavy atom. The number of ether oxygens (including phenoxy) is 2. The van der Waals surface area contributed by atoms with Crippen molar-refractivity contribution in [3.8, 4) is 23.2 Å². The van der Waals surface area contributed by atoms with Crippen LogP contribution in [0.2, 0.25) is 0 Å². The second-order valence-electron chi connectivity index (χ2n) is 9.15. The van der Waals surface area contributed by atoms with Crippen molar-refractivity contribution >= 4 is 17.0 Å². The van der Waals surface area contributed by atoms with Crippen LogP contribution in [0.4, 0.5) is 4.79 Å². The van der Waals surface area contributed by atoms with Crippen molar-refractivity contribution in [2.45, 2.75) is 58.8 Å². The highest BCUT2D eigenvalue weighted by molar-refractivity contribution is 5.97. The van der Waals surface area contributed by atoms with Gasteiger partial charge in [-0.1, -0.05) is 12.1 Å². The molecule has 8 heteroatoms. The molecule has 32 heavy (non-hydrogen) atoms.